The van der Waals surface area contributed by atoms with Crippen LogP contribution in [0.3, 0.4) is 0 Å². The summed E-state index contributed by atoms with van der Waals surface area (Å²) in [5.74, 6) is 1.95. The predicted molar refractivity (Wildman–Crippen MR) is 61.8 cm³/mol. The third-order valence-corrected chi connectivity index (χ3v) is 3.27. The van der Waals surface area contributed by atoms with Gasteiger partial charge in [0.25, 0.3) is 0 Å². The molecule has 0 amide bonds. The van der Waals surface area contributed by atoms with E-state index in [2.05, 4.69) is 22.1 Å². The minimum absolute atomic E-state index is 0.284. The Morgan fingerprint density at radius 3 is 3.07 bits per heavy atom. The zero-order chi connectivity index (χ0) is 10.7. The topological polar surface area (TPSA) is 67.6 Å². The monoisotopic (exact) mass is 222 g/mol. The van der Waals surface area contributed by atoms with Gasteiger partial charge in [-0.1, -0.05) is 13.0 Å². The normalized spacial score (nSPS) is 12.9. The second kappa shape index (κ2) is 4.55. The average Bonchev–Trinajstić information content (AvgIpc) is 2.89. The summed E-state index contributed by atoms with van der Waals surface area (Å²) in [5.41, 5.74) is 5.66. The summed E-state index contributed by atoms with van der Waals surface area (Å²) in [6.07, 6.45) is 0.982. The summed E-state index contributed by atoms with van der Waals surface area (Å²) < 4.78 is 0. The van der Waals surface area contributed by atoms with Gasteiger partial charge < -0.3 is 5.73 Å². The Labute approximate surface area is 92.5 Å². The van der Waals surface area contributed by atoms with E-state index in [1.54, 1.807) is 11.3 Å². The molecule has 0 saturated carbocycles. The number of thiophene rings is 1. The van der Waals surface area contributed by atoms with E-state index in [0.717, 1.165) is 22.9 Å². The third-order valence-electron chi connectivity index (χ3n) is 2.41. The quantitative estimate of drug-likeness (QED) is 0.831. The second-order valence-electron chi connectivity index (χ2n) is 3.36. The van der Waals surface area contributed by atoms with Crippen LogP contribution in [-0.4, -0.2) is 21.7 Å². The number of nitrogens with zero attached hydrogens (tertiary/aromatic N) is 2. The van der Waals surface area contributed by atoms with Crippen LogP contribution in [0, 0.1) is 0 Å². The lowest BCUT2D eigenvalue weighted by atomic mass is 10.1. The Morgan fingerprint density at radius 1 is 1.60 bits per heavy atom. The fraction of sp³-hybridized carbons (Fsp3) is 0.400. The summed E-state index contributed by atoms with van der Waals surface area (Å²) >= 11 is 1.64. The van der Waals surface area contributed by atoms with Crippen LogP contribution < -0.4 is 5.73 Å². The fourth-order valence-corrected chi connectivity index (χ4v) is 2.10. The molecule has 2 aromatic rings. The molecule has 80 valence electrons. The molecule has 0 spiro atoms. The lowest BCUT2D eigenvalue weighted by Gasteiger charge is -2.06. The smallest absolute Gasteiger partial charge is 0.191 e. The van der Waals surface area contributed by atoms with Crippen LogP contribution >= 0.6 is 11.3 Å². The highest BCUT2D eigenvalue weighted by molar-refractivity contribution is 7.13. The Balaban J connectivity index is 2.24. The molecule has 1 atom stereocenters. The molecule has 0 aliphatic heterocycles. The highest BCUT2D eigenvalue weighted by Gasteiger charge is 2.13. The molecule has 0 bridgehead atoms. The lowest BCUT2D eigenvalue weighted by molar-refractivity contribution is 0.634. The maximum absolute atomic E-state index is 5.66. The van der Waals surface area contributed by atoms with Gasteiger partial charge in [-0.25, -0.2) is 4.98 Å². The van der Waals surface area contributed by atoms with E-state index in [1.807, 2.05) is 17.5 Å². The summed E-state index contributed by atoms with van der Waals surface area (Å²) in [5, 5.41) is 9.18. The van der Waals surface area contributed by atoms with Crippen molar-refractivity contribution < 1.29 is 0 Å². The molecule has 0 fully saturated rings. The molecule has 2 heterocycles. The molecule has 0 aliphatic carbocycles. The van der Waals surface area contributed by atoms with Crippen molar-refractivity contribution in [2.24, 2.45) is 5.73 Å². The first-order valence-corrected chi connectivity index (χ1v) is 5.89. The van der Waals surface area contributed by atoms with Gasteiger partial charge in [0.1, 0.15) is 5.82 Å². The van der Waals surface area contributed by atoms with Gasteiger partial charge in [-0.05, 0) is 17.9 Å². The second-order valence-corrected chi connectivity index (χ2v) is 4.31. The fourth-order valence-electron chi connectivity index (χ4n) is 1.44. The van der Waals surface area contributed by atoms with E-state index >= 15 is 0 Å². The number of nitrogens with one attached hydrogen (secondary N) is 1. The minimum atomic E-state index is 0.284. The Bertz CT molecular complexity index is 403. The van der Waals surface area contributed by atoms with Gasteiger partial charge in [0, 0.05) is 12.5 Å². The van der Waals surface area contributed by atoms with Crippen molar-refractivity contribution in [1.29, 1.82) is 0 Å². The van der Waals surface area contributed by atoms with Crippen molar-refractivity contribution in [2.75, 3.05) is 6.54 Å². The molecule has 0 radical (unpaired) electrons. The first-order chi connectivity index (χ1) is 7.35. The molecule has 0 aromatic carbocycles. The number of aromatic amines is 1. The van der Waals surface area contributed by atoms with E-state index < -0.39 is 0 Å². The van der Waals surface area contributed by atoms with Crippen molar-refractivity contribution in [3.63, 3.8) is 0 Å². The number of nitrogens with two attached hydrogens (primary N) is 1. The van der Waals surface area contributed by atoms with Crippen LogP contribution in [0.25, 0.3) is 10.7 Å². The van der Waals surface area contributed by atoms with Gasteiger partial charge in [0.15, 0.2) is 5.82 Å². The largest absolute Gasteiger partial charge is 0.330 e. The third kappa shape index (κ3) is 2.08. The van der Waals surface area contributed by atoms with Crippen molar-refractivity contribution in [3.05, 3.63) is 23.3 Å². The molecule has 5 heteroatoms. The van der Waals surface area contributed by atoms with Crippen LogP contribution in [-0.2, 0) is 0 Å². The number of aromatic nitrogens is 3. The van der Waals surface area contributed by atoms with Gasteiger partial charge in [-0.3, -0.25) is 5.10 Å². The van der Waals surface area contributed by atoms with Crippen LogP contribution in [0.4, 0.5) is 0 Å². The highest BCUT2D eigenvalue weighted by Crippen LogP contribution is 2.22. The maximum Gasteiger partial charge on any atom is 0.191 e. The van der Waals surface area contributed by atoms with Crippen LogP contribution in [0.5, 0.6) is 0 Å². The van der Waals surface area contributed by atoms with E-state index in [4.69, 9.17) is 5.73 Å². The summed E-state index contributed by atoms with van der Waals surface area (Å²) in [4.78, 5) is 5.55. The maximum atomic E-state index is 5.66. The molecule has 4 nitrogen and oxygen atoms in total. The molecule has 2 aromatic heterocycles. The Morgan fingerprint density at radius 2 is 2.47 bits per heavy atom. The van der Waals surface area contributed by atoms with Gasteiger partial charge in [-0.15, -0.1) is 11.3 Å². The summed E-state index contributed by atoms with van der Waals surface area (Å²) in [6.45, 7) is 2.71. The van der Waals surface area contributed by atoms with Crippen molar-refractivity contribution in [2.45, 2.75) is 19.3 Å². The van der Waals surface area contributed by atoms with Crippen molar-refractivity contribution in [3.8, 4) is 10.7 Å². The number of rotatable bonds is 4. The van der Waals surface area contributed by atoms with Gasteiger partial charge in [0.05, 0.1) is 4.88 Å². The molecular weight excluding hydrogens is 208 g/mol. The zero-order valence-corrected chi connectivity index (χ0v) is 9.42. The number of H-pyrrole nitrogens is 1. The average molecular weight is 222 g/mol. The molecule has 1 unspecified atom stereocenters. The van der Waals surface area contributed by atoms with Gasteiger partial charge >= 0.3 is 0 Å². The molecule has 15 heavy (non-hydrogen) atoms. The Kier molecular flexibility index (Phi) is 3.13. The van der Waals surface area contributed by atoms with E-state index in [-0.39, 0.29) is 5.92 Å². The van der Waals surface area contributed by atoms with E-state index in [1.165, 1.54) is 0 Å². The first-order valence-electron chi connectivity index (χ1n) is 5.01. The highest BCUT2D eigenvalue weighted by atomic mass is 32.1. The molecule has 2 rings (SSSR count). The van der Waals surface area contributed by atoms with Gasteiger partial charge in [-0.2, -0.15) is 5.10 Å². The van der Waals surface area contributed by atoms with Crippen LogP contribution in [0.1, 0.15) is 25.1 Å². The number of hydrogen-bond donors (Lipinski definition) is 2. The summed E-state index contributed by atoms with van der Waals surface area (Å²) in [6, 6.07) is 4.01. The zero-order valence-electron chi connectivity index (χ0n) is 8.60. The van der Waals surface area contributed by atoms with Crippen molar-refractivity contribution >= 4 is 11.3 Å². The van der Waals surface area contributed by atoms with Crippen LogP contribution in [0.15, 0.2) is 17.5 Å². The SMILES string of the molecule is CCC(CN)c1nc(-c2cccs2)n[nH]1. The standard InChI is InChI=1S/C10H14N4S/c1-2-7(6-11)9-12-10(14-13-9)8-4-3-5-15-8/h3-5,7H,2,6,11H2,1H3,(H,12,13,14). The summed E-state index contributed by atoms with van der Waals surface area (Å²) in [7, 11) is 0. The Hall–Kier alpha value is -1.20. The number of hydrogen-bond acceptors (Lipinski definition) is 4. The molecule has 0 saturated heterocycles. The molecule has 0 aliphatic rings. The van der Waals surface area contributed by atoms with E-state index in [0.29, 0.717) is 6.54 Å². The first kappa shape index (κ1) is 10.3. The molecule has 3 N–H and O–H groups in total. The van der Waals surface area contributed by atoms with E-state index in [9.17, 15) is 0 Å². The van der Waals surface area contributed by atoms with Gasteiger partial charge in [0.2, 0.25) is 0 Å². The lowest BCUT2D eigenvalue weighted by Crippen LogP contribution is -2.12. The van der Waals surface area contributed by atoms with Crippen LogP contribution in [0.2, 0.25) is 0 Å². The predicted octanol–water partition coefficient (Wildman–Crippen LogP) is 1.99. The molecular formula is C10H14N4S. The minimum Gasteiger partial charge on any atom is -0.330 e. The van der Waals surface area contributed by atoms with Crippen molar-refractivity contribution in [1.82, 2.24) is 15.2 Å².